The van der Waals surface area contributed by atoms with Gasteiger partial charge in [0, 0.05) is 32.1 Å². The van der Waals surface area contributed by atoms with Gasteiger partial charge in [0.15, 0.2) is 5.96 Å². The molecule has 2 aromatic carbocycles. The Labute approximate surface area is 317 Å². The summed E-state index contributed by atoms with van der Waals surface area (Å²) in [7, 11) is 0. The average Bonchev–Trinajstić information content (AvgIpc) is 3.65. The van der Waals surface area contributed by atoms with Crippen LogP contribution in [0.2, 0.25) is 0 Å². The number of rotatable bonds is 18. The predicted octanol–water partition coefficient (Wildman–Crippen LogP) is 0.713. The molecule has 0 unspecified atom stereocenters. The maximum Gasteiger partial charge on any atom is 0.320 e. The number of guanidine groups is 1. The highest BCUT2D eigenvalue weighted by Crippen LogP contribution is 2.26. The third kappa shape index (κ3) is 12.5. The van der Waals surface area contributed by atoms with Crippen molar-refractivity contribution in [2.75, 3.05) is 26.2 Å². The Morgan fingerprint density at radius 3 is 1.93 bits per heavy atom. The molecule has 4 amide bonds. The van der Waals surface area contributed by atoms with Crippen LogP contribution in [-0.4, -0.2) is 113 Å². The molecule has 2 heterocycles. The van der Waals surface area contributed by atoms with Gasteiger partial charge >= 0.3 is 5.97 Å². The van der Waals surface area contributed by atoms with Crippen LogP contribution in [-0.2, 0) is 36.8 Å². The number of likely N-dealkylation sites (tertiary alicyclic amines) is 2. The Morgan fingerprint density at radius 1 is 0.796 bits per heavy atom. The summed E-state index contributed by atoms with van der Waals surface area (Å²) in [5.41, 5.74) is 13.4. The molecule has 0 bridgehead atoms. The van der Waals surface area contributed by atoms with E-state index in [1.165, 1.54) is 0 Å². The molecular formula is C39H57N9O6. The molecule has 2 aromatic rings. The molecule has 4 rings (SSSR count). The first-order chi connectivity index (χ1) is 25.8. The lowest BCUT2D eigenvalue weighted by Crippen LogP contribution is -2.59. The van der Waals surface area contributed by atoms with Crippen molar-refractivity contribution in [3.8, 4) is 0 Å². The standard InChI is InChI=1S/C39H57N9O6/c1-25(2)22-31(46-36(51)32(24-27-12-7-4-8-13-27)45-34(49)29(40)23-26-10-5-3-6-11-26)35(50)44-30(15-18-43-39(41)42)37(52)47-20-16-28(17-21-47)48-19-9-14-33(48)38(53)54/h3-8,10-13,25,28-33H,9,14-24,40H2,1-2H3,(H,44,50)(H,45,49)(H,46,51)(H,53,54)(H4,41,42,43)/t29-,30-,31-,32-,33+/m1/s1. The van der Waals surface area contributed by atoms with Crippen molar-refractivity contribution < 1.29 is 29.1 Å². The van der Waals surface area contributed by atoms with Gasteiger partial charge in [-0.2, -0.15) is 0 Å². The maximum atomic E-state index is 14.0. The van der Waals surface area contributed by atoms with Crippen molar-refractivity contribution in [2.24, 2.45) is 17.4 Å². The van der Waals surface area contributed by atoms with E-state index in [9.17, 15) is 29.1 Å². The van der Waals surface area contributed by atoms with Crippen LogP contribution in [0.15, 0.2) is 60.7 Å². The fourth-order valence-corrected chi connectivity index (χ4v) is 7.28. The van der Waals surface area contributed by atoms with Crippen molar-refractivity contribution in [2.45, 2.75) is 101 Å². The number of benzene rings is 2. The molecule has 2 aliphatic heterocycles. The fraction of sp³-hybridized carbons (Fsp3) is 0.538. The van der Waals surface area contributed by atoms with E-state index in [2.05, 4.69) is 21.3 Å². The smallest absolute Gasteiger partial charge is 0.320 e. The van der Waals surface area contributed by atoms with E-state index < -0.39 is 53.9 Å². The second kappa shape index (κ2) is 20.4. The first-order valence-corrected chi connectivity index (χ1v) is 18.9. The van der Waals surface area contributed by atoms with Gasteiger partial charge in [0.1, 0.15) is 24.2 Å². The van der Waals surface area contributed by atoms with Gasteiger partial charge in [0.25, 0.3) is 0 Å². The van der Waals surface area contributed by atoms with Gasteiger partial charge in [-0.15, -0.1) is 0 Å². The second-order valence-electron chi connectivity index (χ2n) is 14.7. The minimum absolute atomic E-state index is 0.0183. The second-order valence-corrected chi connectivity index (χ2v) is 14.7. The molecule has 0 aromatic heterocycles. The van der Waals surface area contributed by atoms with E-state index in [0.29, 0.717) is 38.9 Å². The topological polar surface area (TPSA) is 236 Å². The lowest BCUT2D eigenvalue weighted by Gasteiger charge is -2.39. The van der Waals surface area contributed by atoms with Crippen LogP contribution in [0.1, 0.15) is 63.5 Å². The number of carboxylic acid groups (broad SMARTS) is 1. The number of nitrogens with zero attached hydrogens (tertiary/aromatic N) is 2. The largest absolute Gasteiger partial charge is 0.480 e. The Hall–Kier alpha value is -5.02. The highest BCUT2D eigenvalue weighted by atomic mass is 16.4. The zero-order valence-corrected chi connectivity index (χ0v) is 31.3. The van der Waals surface area contributed by atoms with Gasteiger partial charge in [-0.05, 0) is 68.5 Å². The van der Waals surface area contributed by atoms with Crippen LogP contribution in [0.3, 0.4) is 0 Å². The molecule has 15 heteroatoms. The van der Waals surface area contributed by atoms with E-state index in [4.69, 9.17) is 16.9 Å². The average molecular weight is 748 g/mol. The zero-order valence-electron chi connectivity index (χ0n) is 31.3. The van der Waals surface area contributed by atoms with Crippen molar-refractivity contribution in [3.63, 3.8) is 0 Å². The third-order valence-electron chi connectivity index (χ3n) is 10.1. The molecule has 2 saturated heterocycles. The summed E-state index contributed by atoms with van der Waals surface area (Å²) in [4.78, 5) is 70.7. The van der Waals surface area contributed by atoms with Gasteiger partial charge in [-0.3, -0.25) is 34.3 Å². The van der Waals surface area contributed by atoms with E-state index >= 15 is 0 Å². The van der Waals surface area contributed by atoms with Gasteiger partial charge in [-0.1, -0.05) is 74.5 Å². The summed E-state index contributed by atoms with van der Waals surface area (Å²) in [5.74, 6) is -3.04. The highest BCUT2D eigenvalue weighted by molar-refractivity contribution is 5.95. The molecule has 294 valence electrons. The van der Waals surface area contributed by atoms with E-state index in [-0.39, 0.29) is 56.1 Å². The molecule has 0 spiro atoms. The Kier molecular flexibility index (Phi) is 15.8. The van der Waals surface area contributed by atoms with Crippen LogP contribution < -0.4 is 32.7 Å². The number of piperidine rings is 1. The number of nitrogens with one attached hydrogen (secondary N) is 5. The van der Waals surface area contributed by atoms with E-state index in [1.54, 1.807) is 4.90 Å². The van der Waals surface area contributed by atoms with E-state index in [0.717, 1.165) is 17.5 Å². The SMILES string of the molecule is CC(C)C[C@@H](NC(=O)[C@@H](Cc1ccccc1)NC(=O)[C@H](N)Cc1ccccc1)C(=O)N[C@H](CCNC(=N)N)C(=O)N1CCC(N2CCC[C@H]2C(=O)O)CC1. The van der Waals surface area contributed by atoms with Gasteiger partial charge < -0.3 is 42.7 Å². The molecule has 0 radical (unpaired) electrons. The third-order valence-corrected chi connectivity index (χ3v) is 10.1. The maximum absolute atomic E-state index is 14.0. The summed E-state index contributed by atoms with van der Waals surface area (Å²) < 4.78 is 0. The van der Waals surface area contributed by atoms with Gasteiger partial charge in [0.05, 0.1) is 6.04 Å². The normalized spacial score (nSPS) is 18.6. The number of hydrogen-bond donors (Lipinski definition) is 8. The monoisotopic (exact) mass is 747 g/mol. The van der Waals surface area contributed by atoms with Gasteiger partial charge in [-0.25, -0.2) is 0 Å². The number of amides is 4. The molecule has 2 fully saturated rings. The quantitative estimate of drug-likeness (QED) is 0.0786. The number of carboxylic acids is 1. The highest BCUT2D eigenvalue weighted by Gasteiger charge is 2.39. The predicted molar refractivity (Wildman–Crippen MR) is 205 cm³/mol. The Balaban J connectivity index is 1.46. The van der Waals surface area contributed by atoms with Crippen LogP contribution in [0.5, 0.6) is 0 Å². The molecular weight excluding hydrogens is 690 g/mol. The van der Waals surface area contributed by atoms with Crippen LogP contribution in [0.25, 0.3) is 0 Å². The van der Waals surface area contributed by atoms with E-state index in [1.807, 2.05) is 79.4 Å². The summed E-state index contributed by atoms with van der Waals surface area (Å²) in [5, 5.41) is 28.5. The molecule has 54 heavy (non-hydrogen) atoms. The first kappa shape index (κ1) is 41.7. The lowest BCUT2D eigenvalue weighted by molar-refractivity contribution is -0.144. The molecule has 2 aliphatic rings. The van der Waals surface area contributed by atoms with Gasteiger partial charge in [0.2, 0.25) is 23.6 Å². The zero-order chi connectivity index (χ0) is 39.2. The van der Waals surface area contributed by atoms with Crippen LogP contribution >= 0.6 is 0 Å². The molecule has 0 aliphatic carbocycles. The number of carbonyl (C=O) groups is 5. The lowest BCUT2D eigenvalue weighted by atomic mass is 9.99. The number of carbonyl (C=O) groups excluding carboxylic acids is 4. The number of hydrogen-bond acceptors (Lipinski definition) is 8. The minimum atomic E-state index is -1.04. The Morgan fingerprint density at radius 2 is 1.35 bits per heavy atom. The van der Waals surface area contributed by atoms with Crippen LogP contribution in [0.4, 0.5) is 0 Å². The summed E-state index contributed by atoms with van der Waals surface area (Å²) in [6, 6.07) is 14.1. The minimum Gasteiger partial charge on any atom is -0.480 e. The summed E-state index contributed by atoms with van der Waals surface area (Å²) in [6.45, 7) is 5.49. The number of aliphatic carboxylic acids is 1. The summed E-state index contributed by atoms with van der Waals surface area (Å²) in [6.07, 6.45) is 3.47. The molecule has 15 nitrogen and oxygen atoms in total. The summed E-state index contributed by atoms with van der Waals surface area (Å²) >= 11 is 0. The fourth-order valence-electron chi connectivity index (χ4n) is 7.28. The molecule has 5 atom stereocenters. The van der Waals surface area contributed by atoms with Crippen molar-refractivity contribution in [3.05, 3.63) is 71.8 Å². The van der Waals surface area contributed by atoms with Crippen molar-refractivity contribution in [1.29, 1.82) is 5.41 Å². The molecule has 10 N–H and O–H groups in total. The van der Waals surface area contributed by atoms with Crippen LogP contribution in [0, 0.1) is 11.3 Å². The number of nitrogens with two attached hydrogens (primary N) is 2. The van der Waals surface area contributed by atoms with Crippen molar-refractivity contribution in [1.82, 2.24) is 31.1 Å². The molecule has 0 saturated carbocycles. The Bertz CT molecular complexity index is 1570. The van der Waals surface area contributed by atoms with Crippen molar-refractivity contribution >= 4 is 35.6 Å². The first-order valence-electron chi connectivity index (χ1n) is 18.9.